The van der Waals surface area contributed by atoms with Crippen molar-refractivity contribution in [3.63, 3.8) is 0 Å². The highest BCUT2D eigenvalue weighted by Gasteiger charge is 2.25. The van der Waals surface area contributed by atoms with Crippen LogP contribution in [0.25, 0.3) is 11.0 Å². The van der Waals surface area contributed by atoms with Crippen molar-refractivity contribution in [2.24, 2.45) is 5.41 Å². The molecule has 2 atom stereocenters. The van der Waals surface area contributed by atoms with E-state index in [4.69, 9.17) is 4.74 Å². The molecule has 1 saturated heterocycles. The van der Waals surface area contributed by atoms with E-state index in [1.165, 1.54) is 0 Å². The molecule has 3 rings (SSSR count). The minimum Gasteiger partial charge on any atom is -0.372 e. The Morgan fingerprint density at radius 1 is 1.27 bits per heavy atom. The summed E-state index contributed by atoms with van der Waals surface area (Å²) < 4.78 is 7.63. The number of nitrogens with one attached hydrogen (secondary N) is 1. The fraction of sp³-hybridized carbons (Fsp3) is 0.667. The van der Waals surface area contributed by atoms with Crippen LogP contribution in [0.2, 0.25) is 0 Å². The fourth-order valence-electron chi connectivity index (χ4n) is 3.19. The number of nitrogens with zero attached hydrogens (tertiary/aromatic N) is 5. The van der Waals surface area contributed by atoms with E-state index in [1.54, 1.807) is 12.5 Å². The lowest BCUT2D eigenvalue weighted by Crippen LogP contribution is -2.45. The summed E-state index contributed by atoms with van der Waals surface area (Å²) in [7, 11) is 0. The van der Waals surface area contributed by atoms with Gasteiger partial charge in [0.05, 0.1) is 30.3 Å². The highest BCUT2D eigenvalue weighted by molar-refractivity contribution is 5.86. The summed E-state index contributed by atoms with van der Waals surface area (Å²) in [5.74, 6) is 0.919. The van der Waals surface area contributed by atoms with Gasteiger partial charge in [0.15, 0.2) is 5.65 Å². The Bertz CT molecular complexity index is 772. The molecule has 26 heavy (non-hydrogen) atoms. The lowest BCUT2D eigenvalue weighted by molar-refractivity contribution is -0.128. The van der Waals surface area contributed by atoms with Gasteiger partial charge < -0.3 is 15.0 Å². The number of ether oxygens (including phenoxy) is 1. The van der Waals surface area contributed by atoms with Gasteiger partial charge in [0.2, 0.25) is 5.91 Å². The maximum Gasteiger partial charge on any atom is 0.225 e. The Balaban J connectivity index is 1.75. The SMILES string of the molecule is C[C@@H]1CN(c2ncnc3c2cnn3CCNC(=O)C(C)(C)C)C[C@H](C)O1. The average molecular weight is 360 g/mol. The van der Waals surface area contributed by atoms with E-state index < -0.39 is 5.41 Å². The van der Waals surface area contributed by atoms with Crippen LogP contribution in [0, 0.1) is 5.41 Å². The van der Waals surface area contributed by atoms with Crippen molar-refractivity contribution in [2.45, 2.75) is 53.4 Å². The predicted molar refractivity (Wildman–Crippen MR) is 100 cm³/mol. The number of fused-ring (bicyclic) bond motifs is 1. The number of hydrogen-bond donors (Lipinski definition) is 1. The van der Waals surface area contributed by atoms with E-state index in [9.17, 15) is 4.79 Å². The Morgan fingerprint density at radius 3 is 2.62 bits per heavy atom. The second kappa shape index (κ2) is 7.19. The Hall–Kier alpha value is -2.22. The quantitative estimate of drug-likeness (QED) is 0.891. The van der Waals surface area contributed by atoms with Gasteiger partial charge in [-0.1, -0.05) is 20.8 Å². The van der Waals surface area contributed by atoms with Crippen LogP contribution in [0.3, 0.4) is 0 Å². The van der Waals surface area contributed by atoms with Crippen molar-refractivity contribution >= 4 is 22.8 Å². The molecule has 1 fully saturated rings. The third kappa shape index (κ3) is 3.95. The van der Waals surface area contributed by atoms with Crippen molar-refractivity contribution < 1.29 is 9.53 Å². The number of carbonyl (C=O) groups excluding carboxylic acids is 1. The molecule has 1 amide bonds. The van der Waals surface area contributed by atoms with Gasteiger partial charge in [-0.2, -0.15) is 5.10 Å². The summed E-state index contributed by atoms with van der Waals surface area (Å²) >= 11 is 0. The number of amides is 1. The molecule has 0 aliphatic carbocycles. The van der Waals surface area contributed by atoms with Gasteiger partial charge >= 0.3 is 0 Å². The lowest BCUT2D eigenvalue weighted by atomic mass is 9.96. The van der Waals surface area contributed by atoms with Crippen LogP contribution < -0.4 is 10.2 Å². The van der Waals surface area contributed by atoms with E-state index in [0.29, 0.717) is 13.1 Å². The van der Waals surface area contributed by atoms with Crippen LogP contribution in [-0.2, 0) is 16.1 Å². The fourth-order valence-corrected chi connectivity index (χ4v) is 3.19. The zero-order valence-electron chi connectivity index (χ0n) is 16.2. The minimum atomic E-state index is -0.398. The van der Waals surface area contributed by atoms with Crippen LogP contribution in [0.15, 0.2) is 12.5 Å². The molecule has 142 valence electrons. The van der Waals surface area contributed by atoms with E-state index in [-0.39, 0.29) is 18.1 Å². The number of hydrogen-bond acceptors (Lipinski definition) is 6. The first-order valence-electron chi connectivity index (χ1n) is 9.11. The van der Waals surface area contributed by atoms with E-state index in [2.05, 4.69) is 39.1 Å². The molecule has 3 heterocycles. The number of anilines is 1. The molecule has 1 N–H and O–H groups in total. The Kier molecular flexibility index (Phi) is 5.13. The molecule has 0 bridgehead atoms. The van der Waals surface area contributed by atoms with Gasteiger partial charge in [0.1, 0.15) is 12.1 Å². The number of carbonyl (C=O) groups is 1. The maximum absolute atomic E-state index is 12.0. The highest BCUT2D eigenvalue weighted by atomic mass is 16.5. The summed E-state index contributed by atoms with van der Waals surface area (Å²) in [6, 6.07) is 0. The second-order valence-electron chi connectivity index (χ2n) is 7.97. The third-order valence-corrected chi connectivity index (χ3v) is 4.42. The first-order chi connectivity index (χ1) is 12.3. The van der Waals surface area contributed by atoms with Gasteiger partial charge in [0.25, 0.3) is 0 Å². The highest BCUT2D eigenvalue weighted by Crippen LogP contribution is 2.25. The maximum atomic E-state index is 12.0. The van der Waals surface area contributed by atoms with E-state index in [1.807, 2.05) is 25.5 Å². The predicted octanol–water partition coefficient (Wildman–Crippen LogP) is 1.60. The molecule has 1 aliphatic heterocycles. The molecule has 0 saturated carbocycles. The zero-order chi connectivity index (χ0) is 18.9. The summed E-state index contributed by atoms with van der Waals surface area (Å²) in [5, 5.41) is 8.32. The van der Waals surface area contributed by atoms with Gasteiger partial charge in [-0.3, -0.25) is 4.79 Å². The van der Waals surface area contributed by atoms with Crippen molar-refractivity contribution in [1.29, 1.82) is 0 Å². The van der Waals surface area contributed by atoms with Crippen molar-refractivity contribution in [1.82, 2.24) is 25.1 Å². The Labute approximate surface area is 153 Å². The van der Waals surface area contributed by atoms with Crippen LogP contribution in [0.5, 0.6) is 0 Å². The van der Waals surface area contributed by atoms with Crippen LogP contribution in [0.4, 0.5) is 5.82 Å². The molecule has 2 aromatic rings. The summed E-state index contributed by atoms with van der Waals surface area (Å²) in [6.45, 7) is 12.5. The monoisotopic (exact) mass is 360 g/mol. The smallest absolute Gasteiger partial charge is 0.225 e. The molecular formula is C18H28N6O2. The zero-order valence-corrected chi connectivity index (χ0v) is 16.2. The van der Waals surface area contributed by atoms with Gasteiger partial charge in [-0.15, -0.1) is 0 Å². The first-order valence-corrected chi connectivity index (χ1v) is 9.11. The molecule has 0 spiro atoms. The normalized spacial score (nSPS) is 21.2. The molecule has 8 heteroatoms. The number of morpholine rings is 1. The van der Waals surface area contributed by atoms with Crippen molar-refractivity contribution in [3.8, 4) is 0 Å². The van der Waals surface area contributed by atoms with E-state index in [0.717, 1.165) is 29.9 Å². The minimum absolute atomic E-state index is 0.0283. The number of rotatable bonds is 4. The van der Waals surface area contributed by atoms with Crippen molar-refractivity contribution in [3.05, 3.63) is 12.5 Å². The van der Waals surface area contributed by atoms with Gasteiger partial charge in [-0.05, 0) is 13.8 Å². The van der Waals surface area contributed by atoms with Gasteiger partial charge in [-0.25, -0.2) is 14.6 Å². The largest absolute Gasteiger partial charge is 0.372 e. The van der Waals surface area contributed by atoms with Crippen molar-refractivity contribution in [2.75, 3.05) is 24.5 Å². The molecule has 0 radical (unpaired) electrons. The van der Waals surface area contributed by atoms with Crippen LogP contribution in [-0.4, -0.2) is 57.5 Å². The Morgan fingerprint density at radius 2 is 1.96 bits per heavy atom. The summed E-state index contributed by atoms with van der Waals surface area (Å²) in [4.78, 5) is 23.1. The molecular weight excluding hydrogens is 332 g/mol. The standard InChI is InChI=1S/C18H28N6O2/c1-12-9-23(10-13(2)26-12)15-14-8-22-24(16(14)21-11-20-15)7-6-19-17(25)18(3,4)5/h8,11-13H,6-7,9-10H2,1-5H3,(H,19,25)/t12-,13+. The third-order valence-electron chi connectivity index (χ3n) is 4.42. The lowest BCUT2D eigenvalue weighted by Gasteiger charge is -2.36. The van der Waals surface area contributed by atoms with Gasteiger partial charge in [0, 0.05) is 25.0 Å². The van der Waals surface area contributed by atoms with Crippen LogP contribution >= 0.6 is 0 Å². The van der Waals surface area contributed by atoms with Crippen LogP contribution in [0.1, 0.15) is 34.6 Å². The summed E-state index contributed by atoms with van der Waals surface area (Å²) in [6.07, 6.45) is 3.70. The molecule has 2 aromatic heterocycles. The topological polar surface area (TPSA) is 85.2 Å². The summed E-state index contributed by atoms with van der Waals surface area (Å²) in [5.41, 5.74) is 0.387. The first kappa shape index (κ1) is 18.6. The second-order valence-corrected chi connectivity index (χ2v) is 7.97. The molecule has 8 nitrogen and oxygen atoms in total. The molecule has 0 unspecified atom stereocenters. The average Bonchev–Trinajstić information content (AvgIpc) is 2.96. The van der Waals surface area contributed by atoms with E-state index >= 15 is 0 Å². The molecule has 1 aliphatic rings. The number of aromatic nitrogens is 4. The molecule has 0 aromatic carbocycles.